The van der Waals surface area contributed by atoms with Gasteiger partial charge in [-0.25, -0.2) is 4.79 Å². The molecule has 0 aliphatic carbocycles. The number of hydrogen-bond donors (Lipinski definition) is 1. The van der Waals surface area contributed by atoms with E-state index in [9.17, 15) is 19.7 Å². The van der Waals surface area contributed by atoms with Crippen LogP contribution in [-0.4, -0.2) is 43.2 Å². The molecule has 31 heavy (non-hydrogen) atoms. The van der Waals surface area contributed by atoms with Crippen LogP contribution in [0.5, 0.6) is 17.2 Å². The number of nitro groups is 1. The van der Waals surface area contributed by atoms with E-state index in [2.05, 4.69) is 5.32 Å². The summed E-state index contributed by atoms with van der Waals surface area (Å²) in [6, 6.07) is 8.03. The lowest BCUT2D eigenvalue weighted by Gasteiger charge is -2.12. The number of ether oxygens (including phenoxy) is 4. The van der Waals surface area contributed by atoms with Gasteiger partial charge in [-0.3, -0.25) is 14.9 Å². The molecule has 1 N–H and O–H groups in total. The van der Waals surface area contributed by atoms with Crippen molar-refractivity contribution in [3.8, 4) is 17.2 Å². The summed E-state index contributed by atoms with van der Waals surface area (Å²) in [7, 11) is 0. The van der Waals surface area contributed by atoms with E-state index < -0.39 is 23.4 Å². The zero-order valence-corrected chi connectivity index (χ0v) is 17.1. The lowest BCUT2D eigenvalue weighted by Crippen LogP contribution is -2.24. The topological polar surface area (TPSA) is 126 Å². The number of esters is 1. The van der Waals surface area contributed by atoms with Crippen molar-refractivity contribution in [3.05, 3.63) is 51.6 Å². The van der Waals surface area contributed by atoms with Gasteiger partial charge in [0.05, 0.1) is 24.2 Å². The van der Waals surface area contributed by atoms with Gasteiger partial charge in [0.1, 0.15) is 11.4 Å². The lowest BCUT2D eigenvalue weighted by atomic mass is 10.1. The highest BCUT2D eigenvalue weighted by Gasteiger charge is 2.23. The van der Waals surface area contributed by atoms with Crippen LogP contribution >= 0.6 is 0 Å². The highest BCUT2D eigenvalue weighted by molar-refractivity contribution is 5.95. The Hall–Kier alpha value is -3.82. The van der Waals surface area contributed by atoms with Crippen LogP contribution in [0.15, 0.2) is 30.3 Å². The van der Waals surface area contributed by atoms with Crippen molar-refractivity contribution < 1.29 is 33.5 Å². The maximum absolute atomic E-state index is 12.2. The van der Waals surface area contributed by atoms with Crippen molar-refractivity contribution in [2.24, 2.45) is 0 Å². The molecule has 2 aromatic carbocycles. The van der Waals surface area contributed by atoms with E-state index in [1.54, 1.807) is 12.1 Å². The van der Waals surface area contributed by atoms with Crippen LogP contribution in [-0.2, 0) is 14.3 Å². The number of carbonyl (C=O) groups is 2. The van der Waals surface area contributed by atoms with Gasteiger partial charge in [-0.1, -0.05) is 6.07 Å². The normalized spacial score (nSPS) is 12.5. The Morgan fingerprint density at radius 3 is 2.32 bits per heavy atom. The molecule has 10 nitrogen and oxygen atoms in total. The van der Waals surface area contributed by atoms with Crippen LogP contribution in [0.25, 0.3) is 0 Å². The molecular formula is C21H22N2O8. The van der Waals surface area contributed by atoms with Crippen LogP contribution in [0.2, 0.25) is 0 Å². The van der Waals surface area contributed by atoms with E-state index in [-0.39, 0.29) is 29.5 Å². The summed E-state index contributed by atoms with van der Waals surface area (Å²) in [6.45, 7) is 3.57. The molecule has 3 rings (SSSR count). The van der Waals surface area contributed by atoms with Gasteiger partial charge in [0.25, 0.3) is 11.6 Å². The number of nitrogens with zero attached hydrogens (tertiary/aromatic N) is 1. The van der Waals surface area contributed by atoms with E-state index in [1.807, 2.05) is 19.9 Å². The Kier molecular flexibility index (Phi) is 6.91. The summed E-state index contributed by atoms with van der Waals surface area (Å²) in [5.74, 6) is -0.448. The number of benzene rings is 2. The maximum atomic E-state index is 12.2. The fraction of sp³-hybridized carbons (Fsp3) is 0.333. The van der Waals surface area contributed by atoms with Crippen LogP contribution in [0.1, 0.15) is 17.5 Å². The van der Waals surface area contributed by atoms with Gasteiger partial charge in [0, 0.05) is 12.5 Å². The molecule has 0 aromatic heterocycles. The van der Waals surface area contributed by atoms with E-state index in [0.29, 0.717) is 25.4 Å². The Labute approximate surface area is 178 Å². The predicted octanol–water partition coefficient (Wildman–Crippen LogP) is 2.93. The second-order valence-corrected chi connectivity index (χ2v) is 6.94. The fourth-order valence-electron chi connectivity index (χ4n) is 2.98. The largest absolute Gasteiger partial charge is 0.489 e. The number of amides is 1. The molecular weight excluding hydrogens is 408 g/mol. The summed E-state index contributed by atoms with van der Waals surface area (Å²) in [5.41, 5.74) is 1.53. The van der Waals surface area contributed by atoms with Crippen LogP contribution in [0.4, 0.5) is 11.4 Å². The Balaban J connectivity index is 1.57. The average molecular weight is 430 g/mol. The summed E-state index contributed by atoms with van der Waals surface area (Å²) in [4.78, 5) is 34.8. The Morgan fingerprint density at radius 1 is 1.03 bits per heavy atom. The number of nitro benzene ring substituents is 1. The van der Waals surface area contributed by atoms with Crippen molar-refractivity contribution >= 4 is 23.3 Å². The summed E-state index contributed by atoms with van der Waals surface area (Å²) >= 11 is 0. The first-order valence-corrected chi connectivity index (χ1v) is 9.56. The highest BCUT2D eigenvalue weighted by atomic mass is 16.6. The van der Waals surface area contributed by atoms with Gasteiger partial charge in [-0.15, -0.1) is 0 Å². The molecule has 1 heterocycles. The minimum absolute atomic E-state index is 0.0817. The van der Waals surface area contributed by atoms with Gasteiger partial charge in [0.2, 0.25) is 0 Å². The van der Waals surface area contributed by atoms with E-state index in [1.165, 1.54) is 12.1 Å². The molecule has 1 amide bonds. The zero-order chi connectivity index (χ0) is 22.4. The molecule has 10 heteroatoms. The molecule has 0 fully saturated rings. The number of nitrogens with one attached hydrogen (secondary N) is 1. The lowest BCUT2D eigenvalue weighted by molar-refractivity contribution is -0.384. The number of aryl methyl sites for hydroxylation is 2. The van der Waals surface area contributed by atoms with Crippen LogP contribution in [0.3, 0.4) is 0 Å². The van der Waals surface area contributed by atoms with Crippen LogP contribution in [0, 0.1) is 24.0 Å². The monoisotopic (exact) mass is 430 g/mol. The number of anilines is 1. The second-order valence-electron chi connectivity index (χ2n) is 6.94. The maximum Gasteiger partial charge on any atom is 0.344 e. The molecule has 0 spiro atoms. The van der Waals surface area contributed by atoms with Crippen molar-refractivity contribution in [1.82, 2.24) is 0 Å². The predicted molar refractivity (Wildman–Crippen MR) is 110 cm³/mol. The number of fused-ring (bicyclic) bond motifs is 1. The molecule has 0 atom stereocenters. The Morgan fingerprint density at radius 2 is 1.68 bits per heavy atom. The minimum Gasteiger partial charge on any atom is -0.489 e. The van der Waals surface area contributed by atoms with E-state index in [0.717, 1.165) is 11.1 Å². The first-order chi connectivity index (χ1) is 14.8. The summed E-state index contributed by atoms with van der Waals surface area (Å²) < 4.78 is 21.2. The molecule has 2 aromatic rings. The SMILES string of the molecule is Cc1cc(C)cc(OCC(=O)OCC(=O)Nc2cc3c(cc2[N+](=O)[O-])OCCCO3)c1. The molecule has 0 saturated heterocycles. The average Bonchev–Trinajstić information content (AvgIpc) is 2.94. The molecule has 1 aliphatic heterocycles. The van der Waals surface area contributed by atoms with E-state index >= 15 is 0 Å². The molecule has 0 radical (unpaired) electrons. The third-order valence-electron chi connectivity index (χ3n) is 4.25. The smallest absolute Gasteiger partial charge is 0.344 e. The molecule has 0 saturated carbocycles. The third-order valence-corrected chi connectivity index (χ3v) is 4.25. The number of rotatable bonds is 7. The molecule has 0 unspecified atom stereocenters. The zero-order valence-electron chi connectivity index (χ0n) is 17.1. The quantitative estimate of drug-likeness (QED) is 0.404. The molecule has 1 aliphatic rings. The minimum atomic E-state index is -0.748. The van der Waals surface area contributed by atoms with E-state index in [4.69, 9.17) is 18.9 Å². The molecule has 0 bridgehead atoms. The van der Waals surface area contributed by atoms with Gasteiger partial charge >= 0.3 is 5.97 Å². The highest BCUT2D eigenvalue weighted by Crippen LogP contribution is 2.39. The van der Waals surface area contributed by atoms with Gasteiger partial charge in [-0.2, -0.15) is 0 Å². The van der Waals surface area contributed by atoms with Crippen LogP contribution < -0.4 is 19.5 Å². The molecule has 164 valence electrons. The van der Waals surface area contributed by atoms with Crippen molar-refractivity contribution in [2.45, 2.75) is 20.3 Å². The summed E-state index contributed by atoms with van der Waals surface area (Å²) in [6.07, 6.45) is 0.629. The fourth-order valence-corrected chi connectivity index (χ4v) is 2.98. The van der Waals surface area contributed by atoms with Gasteiger partial charge in [-0.05, 0) is 37.1 Å². The number of hydrogen-bond acceptors (Lipinski definition) is 8. The van der Waals surface area contributed by atoms with Gasteiger partial charge in [0.15, 0.2) is 24.7 Å². The standard InChI is InChI=1S/C21H22N2O8/c1-13-6-14(2)8-15(7-13)30-12-21(25)31-11-20(24)22-16-9-18-19(10-17(16)23(26)27)29-5-3-4-28-18/h6-10H,3-5,11-12H2,1-2H3,(H,22,24). The first kappa shape index (κ1) is 21.9. The van der Waals surface area contributed by atoms with Crippen molar-refractivity contribution in [2.75, 3.05) is 31.7 Å². The second kappa shape index (κ2) is 9.79. The van der Waals surface area contributed by atoms with Gasteiger partial charge < -0.3 is 24.3 Å². The van der Waals surface area contributed by atoms with Crippen molar-refractivity contribution in [3.63, 3.8) is 0 Å². The Bertz CT molecular complexity index is 985. The van der Waals surface area contributed by atoms with Crippen molar-refractivity contribution in [1.29, 1.82) is 0 Å². The number of carbonyl (C=O) groups excluding carboxylic acids is 2. The summed E-state index contributed by atoms with van der Waals surface area (Å²) in [5, 5.41) is 13.7. The third kappa shape index (κ3) is 6.08. The first-order valence-electron chi connectivity index (χ1n) is 9.56.